The maximum Gasteiger partial charge on any atom is 0.163 e. The maximum atomic E-state index is 9.10. The molecule has 1 fully saturated rings. The fourth-order valence-electron chi connectivity index (χ4n) is 3.33. The molecule has 1 aliphatic heterocycles. The van der Waals surface area contributed by atoms with Gasteiger partial charge in [0.15, 0.2) is 5.79 Å². The van der Waals surface area contributed by atoms with Gasteiger partial charge in [0.05, 0.1) is 25.4 Å². The van der Waals surface area contributed by atoms with Gasteiger partial charge in [0, 0.05) is 9.82 Å². The lowest BCUT2D eigenvalue weighted by atomic mass is 10.0. The van der Waals surface area contributed by atoms with Gasteiger partial charge in [-0.25, -0.2) is 0 Å². The lowest BCUT2D eigenvalue weighted by molar-refractivity contribution is -0.150. The first-order valence-electron chi connectivity index (χ1n) is 9.82. The van der Waals surface area contributed by atoms with Crippen LogP contribution in [0.2, 0.25) is 0 Å². The van der Waals surface area contributed by atoms with E-state index < -0.39 is 30.1 Å². The van der Waals surface area contributed by atoms with Crippen LogP contribution in [-0.2, 0) is 9.47 Å². The van der Waals surface area contributed by atoms with Crippen molar-refractivity contribution in [3.63, 3.8) is 0 Å². The topological polar surface area (TPSA) is 134 Å². The summed E-state index contributed by atoms with van der Waals surface area (Å²) in [4.78, 5) is 5.90. The summed E-state index contributed by atoms with van der Waals surface area (Å²) in [5.74, 6) is 0.296. The average molecular weight is 424 g/mol. The van der Waals surface area contributed by atoms with Crippen molar-refractivity contribution in [3.8, 4) is 11.5 Å². The maximum absolute atomic E-state index is 9.10. The highest BCUT2D eigenvalue weighted by molar-refractivity contribution is 5.22. The van der Waals surface area contributed by atoms with E-state index in [4.69, 9.17) is 30.0 Å². The van der Waals surface area contributed by atoms with Crippen LogP contribution in [0.15, 0.2) is 70.9 Å². The van der Waals surface area contributed by atoms with Gasteiger partial charge in [0.25, 0.3) is 0 Å². The van der Waals surface area contributed by atoms with E-state index in [-0.39, 0.29) is 13.2 Å². The zero-order valence-electron chi connectivity index (χ0n) is 17.3. The van der Waals surface area contributed by atoms with Crippen molar-refractivity contribution >= 4 is 0 Å². The molecule has 0 aliphatic carbocycles. The quantitative estimate of drug-likeness (QED) is 0.300. The van der Waals surface area contributed by atoms with Gasteiger partial charge in [0.1, 0.15) is 23.6 Å². The summed E-state index contributed by atoms with van der Waals surface area (Å²) in [6, 6.07) is 16.9. The molecule has 162 valence electrons. The number of rotatable bonds is 10. The number of azide groups is 2. The standard InChI is InChI=1S/C21H24N6O4/c1-21(2)30-19(17(24-26-22)13-28-15-9-5-3-6-10-15)20(31-21)18(25-27-23)14-29-16-11-7-4-8-12-16/h3-12,17-20H,13-14H2,1-2H3/t17-,18-,19+,20+/m0/s1. The van der Waals surface area contributed by atoms with E-state index in [0.29, 0.717) is 11.5 Å². The predicted molar refractivity (Wildman–Crippen MR) is 114 cm³/mol. The number of hydrogen-bond acceptors (Lipinski definition) is 6. The highest BCUT2D eigenvalue weighted by Gasteiger charge is 2.48. The lowest BCUT2D eigenvalue weighted by Crippen LogP contribution is -2.45. The summed E-state index contributed by atoms with van der Waals surface area (Å²) >= 11 is 0. The van der Waals surface area contributed by atoms with E-state index in [1.54, 1.807) is 38.1 Å². The second-order valence-electron chi connectivity index (χ2n) is 7.36. The van der Waals surface area contributed by atoms with Crippen LogP contribution in [0.1, 0.15) is 13.8 Å². The average Bonchev–Trinajstić information content (AvgIpc) is 3.10. The normalized spacial score (nSPS) is 21.2. The number of ether oxygens (including phenoxy) is 4. The largest absolute Gasteiger partial charge is 0.493 e. The van der Waals surface area contributed by atoms with Crippen molar-refractivity contribution in [2.24, 2.45) is 10.2 Å². The zero-order chi connectivity index (χ0) is 22.1. The smallest absolute Gasteiger partial charge is 0.163 e. The fourth-order valence-corrected chi connectivity index (χ4v) is 3.33. The van der Waals surface area contributed by atoms with Crippen LogP contribution >= 0.6 is 0 Å². The Morgan fingerprint density at radius 1 is 0.806 bits per heavy atom. The van der Waals surface area contributed by atoms with Crippen molar-refractivity contribution in [2.45, 2.75) is 43.9 Å². The summed E-state index contributed by atoms with van der Waals surface area (Å²) in [7, 11) is 0. The number of benzene rings is 2. The minimum Gasteiger partial charge on any atom is -0.493 e. The van der Waals surface area contributed by atoms with Crippen LogP contribution in [0.4, 0.5) is 0 Å². The molecule has 31 heavy (non-hydrogen) atoms. The Balaban J connectivity index is 1.78. The first-order valence-corrected chi connectivity index (χ1v) is 9.82. The molecule has 1 aliphatic rings. The highest BCUT2D eigenvalue weighted by atomic mass is 16.8. The van der Waals surface area contributed by atoms with Crippen LogP contribution in [0.25, 0.3) is 20.9 Å². The van der Waals surface area contributed by atoms with Crippen LogP contribution in [0.3, 0.4) is 0 Å². The Kier molecular flexibility index (Phi) is 7.59. The Hall–Kier alpha value is -3.42. The van der Waals surface area contributed by atoms with Gasteiger partial charge in [-0.1, -0.05) is 46.6 Å². The van der Waals surface area contributed by atoms with Gasteiger partial charge in [-0.05, 0) is 49.2 Å². The molecule has 0 saturated carbocycles. The minimum absolute atomic E-state index is 0.0667. The van der Waals surface area contributed by atoms with Gasteiger partial charge in [-0.3, -0.25) is 0 Å². The summed E-state index contributed by atoms with van der Waals surface area (Å²) in [5.41, 5.74) is 18.2. The fraction of sp³-hybridized carbons (Fsp3) is 0.429. The van der Waals surface area contributed by atoms with Crippen LogP contribution in [-0.4, -0.2) is 43.3 Å². The van der Waals surface area contributed by atoms with E-state index in [1.807, 2.05) is 36.4 Å². The number of hydrogen-bond donors (Lipinski definition) is 0. The van der Waals surface area contributed by atoms with Gasteiger partial charge in [-0.15, -0.1) is 0 Å². The minimum atomic E-state index is -0.971. The molecule has 0 spiro atoms. The molecule has 0 aromatic heterocycles. The van der Waals surface area contributed by atoms with E-state index >= 15 is 0 Å². The van der Waals surface area contributed by atoms with Crippen LogP contribution < -0.4 is 9.47 Å². The SMILES string of the molecule is CC1(C)O[C@H]([C@H](COc2ccccc2)N=[N+]=[N-])[C@@H]([C@H](COc2ccccc2)N=[N+]=[N-])O1. The van der Waals surface area contributed by atoms with Crippen molar-refractivity contribution in [3.05, 3.63) is 81.5 Å². The molecule has 1 heterocycles. The van der Waals surface area contributed by atoms with Crippen LogP contribution in [0, 0.1) is 0 Å². The van der Waals surface area contributed by atoms with Gasteiger partial charge < -0.3 is 18.9 Å². The molecule has 0 radical (unpaired) electrons. The molecular weight excluding hydrogens is 400 g/mol. The van der Waals surface area contributed by atoms with E-state index in [1.165, 1.54) is 0 Å². The molecular formula is C21H24N6O4. The summed E-state index contributed by atoms with van der Waals surface area (Å²) in [5, 5.41) is 7.75. The molecule has 3 rings (SSSR count). The van der Waals surface area contributed by atoms with Gasteiger partial charge in [-0.2, -0.15) is 0 Å². The Morgan fingerprint density at radius 2 is 1.19 bits per heavy atom. The molecule has 0 bridgehead atoms. The molecule has 4 atom stereocenters. The predicted octanol–water partition coefficient (Wildman–Crippen LogP) is 5.02. The molecule has 2 aromatic rings. The van der Waals surface area contributed by atoms with Crippen molar-refractivity contribution in [1.29, 1.82) is 0 Å². The van der Waals surface area contributed by atoms with Crippen molar-refractivity contribution in [2.75, 3.05) is 13.2 Å². The second kappa shape index (κ2) is 10.6. The number of para-hydroxylation sites is 2. The molecule has 0 unspecified atom stereocenters. The van der Waals surface area contributed by atoms with E-state index in [2.05, 4.69) is 20.1 Å². The third-order valence-corrected chi connectivity index (χ3v) is 4.65. The third-order valence-electron chi connectivity index (χ3n) is 4.65. The summed E-state index contributed by atoms with van der Waals surface area (Å²) in [6.07, 6.45) is -1.41. The van der Waals surface area contributed by atoms with Gasteiger partial charge in [0.2, 0.25) is 0 Å². The zero-order valence-corrected chi connectivity index (χ0v) is 17.3. The Labute approximate surface area is 179 Å². The van der Waals surface area contributed by atoms with E-state index in [9.17, 15) is 0 Å². The molecule has 1 saturated heterocycles. The van der Waals surface area contributed by atoms with Crippen LogP contribution in [0.5, 0.6) is 11.5 Å². The Morgan fingerprint density at radius 3 is 1.55 bits per heavy atom. The summed E-state index contributed by atoms with van der Waals surface area (Å²) < 4.78 is 23.6. The Bertz CT molecular complexity index is 854. The molecule has 0 amide bonds. The molecule has 10 nitrogen and oxygen atoms in total. The van der Waals surface area contributed by atoms with Crippen molar-refractivity contribution < 1.29 is 18.9 Å². The molecule has 10 heteroatoms. The number of nitrogens with zero attached hydrogens (tertiary/aromatic N) is 6. The van der Waals surface area contributed by atoms with Gasteiger partial charge >= 0.3 is 0 Å². The third kappa shape index (κ3) is 6.28. The van der Waals surface area contributed by atoms with E-state index in [0.717, 1.165) is 0 Å². The lowest BCUT2D eigenvalue weighted by Gasteiger charge is -2.26. The van der Waals surface area contributed by atoms with Crippen molar-refractivity contribution in [1.82, 2.24) is 0 Å². The summed E-state index contributed by atoms with van der Waals surface area (Å²) in [6.45, 7) is 3.63. The first kappa shape index (κ1) is 22.3. The monoisotopic (exact) mass is 424 g/mol. The molecule has 2 aromatic carbocycles. The first-order chi connectivity index (χ1) is 15.0. The molecule has 0 N–H and O–H groups in total. The highest BCUT2D eigenvalue weighted by Crippen LogP contribution is 2.34. The second-order valence-corrected chi connectivity index (χ2v) is 7.36.